The Balaban J connectivity index is 1.75. The molecule has 2 aromatic rings. The van der Waals surface area contributed by atoms with Gasteiger partial charge in [0.1, 0.15) is 5.75 Å². The van der Waals surface area contributed by atoms with E-state index in [-0.39, 0.29) is 5.92 Å². The van der Waals surface area contributed by atoms with Gasteiger partial charge in [0.25, 0.3) is 0 Å². The predicted octanol–water partition coefficient (Wildman–Crippen LogP) is 4.46. The van der Waals surface area contributed by atoms with Crippen LogP contribution >= 0.6 is 0 Å². The van der Waals surface area contributed by atoms with Gasteiger partial charge in [0, 0.05) is 18.1 Å². The van der Waals surface area contributed by atoms with E-state index in [4.69, 9.17) is 9.47 Å². The highest BCUT2D eigenvalue weighted by Gasteiger charge is 2.01. The Hall–Kier alpha value is -2.50. The van der Waals surface area contributed by atoms with Crippen LogP contribution < -0.4 is 4.74 Å². The average molecular weight is 306 g/mol. The highest BCUT2D eigenvalue weighted by atomic mass is 16.5. The fraction of sp³-hybridized carbons (Fsp3) is 0.238. The van der Waals surface area contributed by atoms with Gasteiger partial charge in [-0.05, 0) is 36.2 Å². The van der Waals surface area contributed by atoms with Crippen molar-refractivity contribution in [3.8, 4) is 17.6 Å². The number of benzene rings is 2. The third-order valence-electron chi connectivity index (χ3n) is 3.46. The van der Waals surface area contributed by atoms with Gasteiger partial charge in [-0.25, -0.2) is 0 Å². The summed E-state index contributed by atoms with van der Waals surface area (Å²) in [6.07, 6.45) is 2.73. The lowest BCUT2D eigenvalue weighted by molar-refractivity contribution is 0.115. The number of methoxy groups -OCH3 is 1. The minimum absolute atomic E-state index is 0.145. The summed E-state index contributed by atoms with van der Waals surface area (Å²) in [7, 11) is 1.66. The number of allylic oxidation sites excluding steroid dienone is 1. The Morgan fingerprint density at radius 1 is 1.09 bits per heavy atom. The minimum Gasteiger partial charge on any atom is -0.497 e. The largest absolute Gasteiger partial charge is 0.497 e. The van der Waals surface area contributed by atoms with Crippen LogP contribution in [-0.4, -0.2) is 13.7 Å². The zero-order valence-electron chi connectivity index (χ0n) is 13.5. The lowest BCUT2D eigenvalue weighted by Gasteiger charge is -2.07. The van der Waals surface area contributed by atoms with E-state index in [1.165, 1.54) is 0 Å². The van der Waals surface area contributed by atoms with Gasteiger partial charge in [0.2, 0.25) is 0 Å². The van der Waals surface area contributed by atoms with E-state index in [1.54, 1.807) is 7.11 Å². The number of ether oxygens (including phenoxy) is 2. The fourth-order valence-electron chi connectivity index (χ4n) is 2.07. The summed E-state index contributed by atoms with van der Waals surface area (Å²) >= 11 is 0. The Bertz CT molecular complexity index is 648. The summed E-state index contributed by atoms with van der Waals surface area (Å²) in [5.41, 5.74) is 2.16. The summed E-state index contributed by atoms with van der Waals surface area (Å²) in [6, 6.07) is 17.9. The Labute approximate surface area is 138 Å². The van der Waals surface area contributed by atoms with Crippen molar-refractivity contribution in [3.63, 3.8) is 0 Å². The maximum absolute atomic E-state index is 5.72. The van der Waals surface area contributed by atoms with Gasteiger partial charge < -0.3 is 9.47 Å². The van der Waals surface area contributed by atoms with Crippen LogP contribution in [0.1, 0.15) is 17.5 Å². The molecule has 0 radical (unpaired) electrons. The van der Waals surface area contributed by atoms with Crippen LogP contribution in [0.3, 0.4) is 0 Å². The second-order valence-corrected chi connectivity index (χ2v) is 5.17. The van der Waals surface area contributed by atoms with Crippen LogP contribution in [0.4, 0.5) is 0 Å². The molecule has 0 N–H and O–H groups in total. The zero-order valence-corrected chi connectivity index (χ0v) is 13.5. The maximum Gasteiger partial charge on any atom is 0.118 e. The van der Waals surface area contributed by atoms with E-state index in [2.05, 4.69) is 18.4 Å². The molecule has 2 heteroatoms. The molecule has 0 heterocycles. The second-order valence-electron chi connectivity index (χ2n) is 5.17. The van der Waals surface area contributed by atoms with Crippen LogP contribution in [0, 0.1) is 17.8 Å². The Kier molecular flexibility index (Phi) is 6.97. The third kappa shape index (κ3) is 6.02. The van der Waals surface area contributed by atoms with E-state index < -0.39 is 0 Å². The molecule has 23 heavy (non-hydrogen) atoms. The fourth-order valence-corrected chi connectivity index (χ4v) is 2.07. The molecule has 0 unspecified atom stereocenters. The number of hydrogen-bond donors (Lipinski definition) is 0. The predicted molar refractivity (Wildman–Crippen MR) is 94.3 cm³/mol. The first kappa shape index (κ1) is 16.9. The monoisotopic (exact) mass is 306 g/mol. The number of rotatable bonds is 7. The van der Waals surface area contributed by atoms with Crippen LogP contribution in [0.2, 0.25) is 0 Å². The van der Waals surface area contributed by atoms with Crippen molar-refractivity contribution in [2.75, 3.05) is 13.7 Å². The molecule has 0 amide bonds. The smallest absolute Gasteiger partial charge is 0.118 e. The summed E-state index contributed by atoms with van der Waals surface area (Å²) in [5, 5.41) is 0. The molecule has 0 aliphatic carbocycles. The normalized spacial score (nSPS) is 11.2. The average Bonchev–Trinajstić information content (AvgIpc) is 2.62. The van der Waals surface area contributed by atoms with Gasteiger partial charge in [-0.2, -0.15) is 0 Å². The molecule has 0 spiro atoms. The lowest BCUT2D eigenvalue weighted by atomic mass is 10.1. The standard InChI is InChI=1S/C21H22O2/c1-3-18(9-10-19-7-5-4-6-8-19)15-16-23-17-20-11-13-21(22-2)14-12-20/h3-8,11-14,18H,1,15-17H2,2H3/t18-/m1/s1. The first-order valence-corrected chi connectivity index (χ1v) is 7.71. The molecule has 0 aromatic heterocycles. The van der Waals surface area contributed by atoms with Crippen molar-refractivity contribution in [2.24, 2.45) is 5.92 Å². The Morgan fingerprint density at radius 3 is 2.48 bits per heavy atom. The summed E-state index contributed by atoms with van der Waals surface area (Å²) < 4.78 is 10.9. The molecule has 0 aliphatic heterocycles. The Morgan fingerprint density at radius 2 is 1.83 bits per heavy atom. The highest BCUT2D eigenvalue weighted by Crippen LogP contribution is 2.12. The van der Waals surface area contributed by atoms with Crippen molar-refractivity contribution in [3.05, 3.63) is 78.4 Å². The molecule has 0 aliphatic rings. The molecule has 0 saturated heterocycles. The van der Waals surface area contributed by atoms with Crippen molar-refractivity contribution in [1.29, 1.82) is 0 Å². The van der Waals surface area contributed by atoms with Gasteiger partial charge in [0.15, 0.2) is 0 Å². The van der Waals surface area contributed by atoms with Crippen LogP contribution in [-0.2, 0) is 11.3 Å². The number of hydrogen-bond acceptors (Lipinski definition) is 2. The third-order valence-corrected chi connectivity index (χ3v) is 3.46. The summed E-state index contributed by atoms with van der Waals surface area (Å²) in [5.74, 6) is 7.41. The molecular formula is C21H22O2. The zero-order chi connectivity index (χ0) is 16.3. The minimum atomic E-state index is 0.145. The van der Waals surface area contributed by atoms with E-state index in [1.807, 2.05) is 60.7 Å². The highest BCUT2D eigenvalue weighted by molar-refractivity contribution is 5.34. The molecule has 0 bridgehead atoms. The molecule has 2 nitrogen and oxygen atoms in total. The van der Waals surface area contributed by atoms with Crippen molar-refractivity contribution in [1.82, 2.24) is 0 Å². The first-order chi connectivity index (χ1) is 11.3. The van der Waals surface area contributed by atoms with E-state index >= 15 is 0 Å². The van der Waals surface area contributed by atoms with Crippen LogP contribution in [0.15, 0.2) is 67.3 Å². The van der Waals surface area contributed by atoms with Gasteiger partial charge in [-0.3, -0.25) is 0 Å². The van der Waals surface area contributed by atoms with Gasteiger partial charge >= 0.3 is 0 Å². The SMILES string of the molecule is C=C[C@H](C#Cc1ccccc1)CCOCc1ccc(OC)cc1. The second kappa shape index (κ2) is 9.50. The molecular weight excluding hydrogens is 284 g/mol. The van der Waals surface area contributed by atoms with Crippen LogP contribution in [0.25, 0.3) is 0 Å². The molecule has 1 atom stereocenters. The van der Waals surface area contributed by atoms with Gasteiger partial charge in [-0.15, -0.1) is 6.58 Å². The lowest BCUT2D eigenvalue weighted by Crippen LogP contribution is -2.01. The molecule has 2 rings (SSSR count). The van der Waals surface area contributed by atoms with Crippen molar-refractivity contribution >= 4 is 0 Å². The first-order valence-electron chi connectivity index (χ1n) is 7.71. The topological polar surface area (TPSA) is 18.5 Å². The molecule has 2 aromatic carbocycles. The maximum atomic E-state index is 5.72. The van der Waals surface area contributed by atoms with E-state index in [0.29, 0.717) is 13.2 Å². The molecule has 118 valence electrons. The van der Waals surface area contributed by atoms with Gasteiger partial charge in [0.05, 0.1) is 13.7 Å². The van der Waals surface area contributed by atoms with E-state index in [0.717, 1.165) is 23.3 Å². The van der Waals surface area contributed by atoms with E-state index in [9.17, 15) is 0 Å². The molecule has 0 saturated carbocycles. The quantitative estimate of drug-likeness (QED) is 0.427. The van der Waals surface area contributed by atoms with Crippen LogP contribution in [0.5, 0.6) is 5.75 Å². The molecule has 0 fully saturated rings. The summed E-state index contributed by atoms with van der Waals surface area (Å²) in [4.78, 5) is 0. The van der Waals surface area contributed by atoms with Crippen molar-refractivity contribution in [2.45, 2.75) is 13.0 Å². The summed E-state index contributed by atoms with van der Waals surface area (Å²) in [6.45, 7) is 5.11. The van der Waals surface area contributed by atoms with Gasteiger partial charge in [-0.1, -0.05) is 48.2 Å². The van der Waals surface area contributed by atoms with Crippen molar-refractivity contribution < 1.29 is 9.47 Å².